The second kappa shape index (κ2) is 8.49. The molecule has 1 aliphatic rings. The van der Waals surface area contributed by atoms with E-state index in [0.29, 0.717) is 12.2 Å². The molecule has 1 atom stereocenters. The van der Waals surface area contributed by atoms with Crippen LogP contribution in [-0.4, -0.2) is 15.8 Å². The van der Waals surface area contributed by atoms with E-state index >= 15 is 0 Å². The van der Waals surface area contributed by atoms with Crippen molar-refractivity contribution in [1.82, 2.24) is 14.7 Å². The smallest absolute Gasteiger partial charge is 0.142 e. The first kappa shape index (κ1) is 19.1. The van der Waals surface area contributed by atoms with E-state index < -0.39 is 10.9 Å². The molecule has 0 saturated carbocycles. The molecule has 4 aromatic rings. The van der Waals surface area contributed by atoms with Gasteiger partial charge in [-0.15, -0.1) is 0 Å². The molecule has 5 rings (SSSR count). The van der Waals surface area contributed by atoms with E-state index in [0.717, 1.165) is 38.8 Å². The van der Waals surface area contributed by atoms with E-state index in [1.165, 1.54) is 0 Å². The third kappa shape index (κ3) is 4.08. The Kier molecular flexibility index (Phi) is 5.24. The Hall–Kier alpha value is -3.84. The van der Waals surface area contributed by atoms with E-state index in [1.807, 2.05) is 54.6 Å². The van der Waals surface area contributed by atoms with Gasteiger partial charge in [-0.3, -0.25) is 15.0 Å². The van der Waals surface area contributed by atoms with Crippen LogP contribution in [-0.2, 0) is 17.4 Å². The Morgan fingerprint density at radius 2 is 1.81 bits per heavy atom. The summed E-state index contributed by atoms with van der Waals surface area (Å²) < 4.78 is 8.49. The van der Waals surface area contributed by atoms with Crippen molar-refractivity contribution in [1.29, 1.82) is 0 Å². The molecule has 31 heavy (non-hydrogen) atoms. The summed E-state index contributed by atoms with van der Waals surface area (Å²) in [7, 11) is -0.651. The Morgan fingerprint density at radius 3 is 2.61 bits per heavy atom. The molecule has 0 radical (unpaired) electrons. The largest absolute Gasteiger partial charge is 0.397 e. The van der Waals surface area contributed by atoms with Gasteiger partial charge in [-0.2, -0.15) is 0 Å². The van der Waals surface area contributed by atoms with Crippen LogP contribution in [0, 0.1) is 0 Å². The highest BCUT2D eigenvalue weighted by Gasteiger charge is 2.22. The minimum Gasteiger partial charge on any atom is -0.397 e. The van der Waals surface area contributed by atoms with Crippen LogP contribution in [0.5, 0.6) is 0 Å². The third-order valence-corrected chi connectivity index (χ3v) is 6.27. The number of rotatable bonds is 4. The average Bonchev–Trinajstić information content (AvgIpc) is 2.83. The number of pyridine rings is 2. The van der Waals surface area contributed by atoms with Gasteiger partial charge in [0.1, 0.15) is 5.84 Å². The van der Waals surface area contributed by atoms with E-state index in [2.05, 4.69) is 32.9 Å². The van der Waals surface area contributed by atoms with Gasteiger partial charge in [0.25, 0.3) is 0 Å². The molecule has 2 aromatic heterocycles. The van der Waals surface area contributed by atoms with Crippen LogP contribution in [0.25, 0.3) is 11.1 Å². The SMILES string of the molecule is Nc1cncc(S2=Nc3cccc(-c4ccccc4)c3C(=NCc3ccccn3)N2)c1. The van der Waals surface area contributed by atoms with Gasteiger partial charge in [0.15, 0.2) is 0 Å². The Morgan fingerprint density at radius 1 is 0.935 bits per heavy atom. The summed E-state index contributed by atoms with van der Waals surface area (Å²) in [6.07, 6.45) is 5.21. The summed E-state index contributed by atoms with van der Waals surface area (Å²) in [4.78, 5) is 14.5. The van der Waals surface area contributed by atoms with Gasteiger partial charge < -0.3 is 10.5 Å². The number of amidine groups is 1. The zero-order chi connectivity index (χ0) is 21.0. The number of nitrogens with two attached hydrogens (primary N) is 1. The fraction of sp³-hybridized carbons (Fsp3) is 0.0417. The molecule has 2 aromatic carbocycles. The summed E-state index contributed by atoms with van der Waals surface area (Å²) in [6, 6.07) is 24.2. The number of benzene rings is 2. The van der Waals surface area contributed by atoms with Crippen LogP contribution in [0.2, 0.25) is 0 Å². The molecule has 152 valence electrons. The number of hydrogen-bond acceptors (Lipinski definition) is 5. The number of nitrogens with one attached hydrogen (secondary N) is 1. The van der Waals surface area contributed by atoms with Crippen LogP contribution < -0.4 is 10.5 Å². The minimum absolute atomic E-state index is 0.470. The maximum atomic E-state index is 5.96. The van der Waals surface area contributed by atoms with Crippen molar-refractivity contribution in [3.63, 3.8) is 0 Å². The molecular weight excluding hydrogens is 404 g/mol. The van der Waals surface area contributed by atoms with Crippen molar-refractivity contribution >= 4 is 28.1 Å². The number of nitrogen functional groups attached to an aromatic ring is 1. The average molecular weight is 425 g/mol. The molecule has 0 spiro atoms. The maximum absolute atomic E-state index is 5.96. The molecule has 7 heteroatoms. The number of anilines is 1. The van der Waals surface area contributed by atoms with Crippen molar-refractivity contribution in [3.8, 4) is 11.1 Å². The molecule has 0 fully saturated rings. The quantitative estimate of drug-likeness (QED) is 0.498. The van der Waals surface area contributed by atoms with Crippen LogP contribution in [0.15, 0.2) is 106 Å². The number of fused-ring (bicyclic) bond motifs is 1. The standard InChI is InChI=1S/C24H20N6S/c25-18-13-20(16-26-14-18)31-29-22-11-6-10-21(17-7-2-1-3-8-17)23(22)24(30-31)28-15-19-9-4-5-12-27-19/h1-14,16H,15,25H2,(H,28,29,30). The summed E-state index contributed by atoms with van der Waals surface area (Å²) in [5, 5.41) is 0. The lowest BCUT2D eigenvalue weighted by molar-refractivity contribution is 0.982. The third-order valence-electron chi connectivity index (χ3n) is 4.83. The van der Waals surface area contributed by atoms with Gasteiger partial charge in [0.2, 0.25) is 0 Å². The maximum Gasteiger partial charge on any atom is 0.142 e. The van der Waals surface area contributed by atoms with Gasteiger partial charge in [0, 0.05) is 29.5 Å². The predicted molar refractivity (Wildman–Crippen MR) is 126 cm³/mol. The van der Waals surface area contributed by atoms with E-state index in [4.69, 9.17) is 15.1 Å². The fourth-order valence-electron chi connectivity index (χ4n) is 3.40. The van der Waals surface area contributed by atoms with Gasteiger partial charge in [-0.25, -0.2) is 4.36 Å². The van der Waals surface area contributed by atoms with Crippen LogP contribution >= 0.6 is 0 Å². The molecule has 0 bridgehead atoms. The molecule has 0 amide bonds. The molecular formula is C24H20N6S. The summed E-state index contributed by atoms with van der Waals surface area (Å²) in [6.45, 7) is 0.470. The number of aromatic nitrogens is 2. The topological polar surface area (TPSA) is 88.5 Å². The lowest BCUT2D eigenvalue weighted by Crippen LogP contribution is -2.30. The monoisotopic (exact) mass is 424 g/mol. The van der Waals surface area contributed by atoms with Crippen molar-refractivity contribution in [3.05, 3.63) is 103 Å². The highest BCUT2D eigenvalue weighted by Crippen LogP contribution is 2.35. The Labute approximate surface area is 183 Å². The first-order valence-corrected chi connectivity index (χ1v) is 11.0. The van der Waals surface area contributed by atoms with E-state index in [1.54, 1.807) is 18.6 Å². The predicted octanol–water partition coefficient (Wildman–Crippen LogP) is 4.68. The number of nitrogens with zero attached hydrogens (tertiary/aromatic N) is 4. The summed E-state index contributed by atoms with van der Waals surface area (Å²) >= 11 is 0. The van der Waals surface area contributed by atoms with Crippen molar-refractivity contribution in [2.24, 2.45) is 9.36 Å². The number of hydrogen-bond donors (Lipinski definition) is 2. The van der Waals surface area contributed by atoms with Gasteiger partial charge >= 0.3 is 0 Å². The first-order chi connectivity index (χ1) is 15.3. The molecule has 0 saturated heterocycles. The molecule has 3 heterocycles. The van der Waals surface area contributed by atoms with Gasteiger partial charge in [-0.1, -0.05) is 48.5 Å². The van der Waals surface area contributed by atoms with Crippen molar-refractivity contribution < 1.29 is 0 Å². The van der Waals surface area contributed by atoms with Crippen LogP contribution in [0.1, 0.15) is 11.3 Å². The highest BCUT2D eigenvalue weighted by molar-refractivity contribution is 7.86. The van der Waals surface area contributed by atoms with Crippen LogP contribution in [0.4, 0.5) is 11.4 Å². The molecule has 6 nitrogen and oxygen atoms in total. The summed E-state index contributed by atoms with van der Waals surface area (Å²) in [5.41, 5.74) is 11.6. The minimum atomic E-state index is -0.651. The Bertz CT molecular complexity index is 1290. The Balaban J connectivity index is 1.65. The van der Waals surface area contributed by atoms with Crippen LogP contribution in [0.3, 0.4) is 0 Å². The molecule has 1 unspecified atom stereocenters. The van der Waals surface area contributed by atoms with Gasteiger partial charge in [-0.05, 0) is 35.4 Å². The molecule has 1 aliphatic heterocycles. The second-order valence-corrected chi connectivity index (χ2v) is 8.41. The lowest BCUT2D eigenvalue weighted by Gasteiger charge is -2.23. The zero-order valence-electron chi connectivity index (χ0n) is 16.6. The van der Waals surface area contributed by atoms with Gasteiger partial charge in [0.05, 0.1) is 34.1 Å². The molecule has 0 aliphatic carbocycles. The fourth-order valence-corrected chi connectivity index (χ4v) is 4.78. The second-order valence-electron chi connectivity index (χ2n) is 6.98. The molecule has 3 N–H and O–H groups in total. The van der Waals surface area contributed by atoms with Crippen molar-refractivity contribution in [2.75, 3.05) is 5.73 Å². The van der Waals surface area contributed by atoms with E-state index in [-0.39, 0.29) is 0 Å². The summed E-state index contributed by atoms with van der Waals surface area (Å²) in [5.74, 6) is 0.792. The van der Waals surface area contributed by atoms with E-state index in [9.17, 15) is 0 Å². The normalized spacial score (nSPS) is 16.3. The van der Waals surface area contributed by atoms with Crippen molar-refractivity contribution in [2.45, 2.75) is 11.4 Å². The highest BCUT2D eigenvalue weighted by atomic mass is 32.2. The zero-order valence-corrected chi connectivity index (χ0v) is 17.5. The first-order valence-electron chi connectivity index (χ1n) is 9.84. The number of aliphatic imine (C=N–C) groups is 1. The lowest BCUT2D eigenvalue weighted by atomic mass is 9.97.